The molecule has 0 radical (unpaired) electrons. The minimum Gasteiger partial charge on any atom is -0.448 e. The highest BCUT2D eigenvalue weighted by Crippen LogP contribution is 2.24. The van der Waals surface area contributed by atoms with Crippen molar-refractivity contribution in [3.8, 4) is 0 Å². The minimum atomic E-state index is 0.829. The Bertz CT molecular complexity index is 369. The Morgan fingerprint density at radius 3 is 3.08 bits per heavy atom. The van der Waals surface area contributed by atoms with Crippen LogP contribution in [0.3, 0.4) is 0 Å². The Balaban J connectivity index is 1.97. The first-order valence-corrected chi connectivity index (χ1v) is 5.64. The van der Waals surface area contributed by atoms with E-state index in [4.69, 9.17) is 4.42 Å². The van der Waals surface area contributed by atoms with E-state index in [0.717, 1.165) is 21.5 Å². The summed E-state index contributed by atoms with van der Waals surface area (Å²) in [7, 11) is 0. The molecule has 0 saturated heterocycles. The summed E-state index contributed by atoms with van der Waals surface area (Å²) in [6.07, 6.45) is 3.29. The first kappa shape index (κ1) is 8.77. The first-order valence-electron chi connectivity index (χ1n) is 3.77. The van der Waals surface area contributed by atoms with E-state index in [9.17, 15) is 0 Å². The number of thioether (sulfide) groups is 1. The Morgan fingerprint density at radius 1 is 1.54 bits per heavy atom. The van der Waals surface area contributed by atoms with Gasteiger partial charge in [0.05, 0.1) is 5.69 Å². The van der Waals surface area contributed by atoms with Gasteiger partial charge in [0, 0.05) is 17.3 Å². The molecule has 2 rings (SSSR count). The number of nitrogens with zero attached hydrogens (tertiary/aromatic N) is 2. The predicted molar refractivity (Wildman–Crippen MR) is 52.9 cm³/mol. The van der Waals surface area contributed by atoms with Crippen LogP contribution in [0.4, 0.5) is 0 Å². The SMILES string of the molecule is Cc1ocnc1CSc1nccs1. The van der Waals surface area contributed by atoms with E-state index in [0.29, 0.717) is 0 Å². The summed E-state index contributed by atoms with van der Waals surface area (Å²) in [4.78, 5) is 8.27. The summed E-state index contributed by atoms with van der Waals surface area (Å²) >= 11 is 3.33. The van der Waals surface area contributed by atoms with E-state index in [1.54, 1.807) is 23.1 Å². The number of thiazole rings is 1. The molecule has 0 aromatic carbocycles. The molecule has 0 N–H and O–H groups in total. The lowest BCUT2D eigenvalue weighted by Crippen LogP contribution is -1.82. The molecule has 3 nitrogen and oxygen atoms in total. The van der Waals surface area contributed by atoms with Crippen LogP contribution in [-0.2, 0) is 5.75 Å². The summed E-state index contributed by atoms with van der Waals surface area (Å²) in [5.41, 5.74) is 1.00. The van der Waals surface area contributed by atoms with Crippen molar-refractivity contribution < 1.29 is 4.42 Å². The minimum absolute atomic E-state index is 0.829. The van der Waals surface area contributed by atoms with E-state index < -0.39 is 0 Å². The molecule has 13 heavy (non-hydrogen) atoms. The van der Waals surface area contributed by atoms with Crippen molar-refractivity contribution in [2.75, 3.05) is 0 Å². The molecule has 2 aromatic rings. The van der Waals surface area contributed by atoms with E-state index in [1.807, 2.05) is 18.5 Å². The second-order valence-electron chi connectivity index (χ2n) is 2.44. The van der Waals surface area contributed by atoms with Gasteiger partial charge in [-0.25, -0.2) is 9.97 Å². The third-order valence-electron chi connectivity index (χ3n) is 1.59. The highest BCUT2D eigenvalue weighted by atomic mass is 32.2. The molecule has 0 aliphatic carbocycles. The van der Waals surface area contributed by atoms with Crippen LogP contribution in [0.5, 0.6) is 0 Å². The zero-order valence-corrected chi connectivity index (χ0v) is 8.69. The molecule has 0 fully saturated rings. The summed E-state index contributed by atoms with van der Waals surface area (Å²) in [6.45, 7) is 1.92. The summed E-state index contributed by atoms with van der Waals surface area (Å²) < 4.78 is 6.16. The van der Waals surface area contributed by atoms with Gasteiger partial charge in [-0.15, -0.1) is 11.3 Å². The summed E-state index contributed by atoms with van der Waals surface area (Å²) in [5, 5.41) is 1.97. The van der Waals surface area contributed by atoms with Crippen molar-refractivity contribution in [2.24, 2.45) is 0 Å². The quantitative estimate of drug-likeness (QED) is 0.733. The number of hydrogen-bond donors (Lipinski definition) is 0. The molecule has 2 aromatic heterocycles. The van der Waals surface area contributed by atoms with Crippen LogP contribution in [-0.4, -0.2) is 9.97 Å². The smallest absolute Gasteiger partial charge is 0.181 e. The lowest BCUT2D eigenvalue weighted by molar-refractivity contribution is 0.525. The highest BCUT2D eigenvalue weighted by molar-refractivity contribution is 8.00. The van der Waals surface area contributed by atoms with Crippen LogP contribution < -0.4 is 0 Å². The molecular formula is C8H8N2OS2. The fourth-order valence-corrected chi connectivity index (χ4v) is 2.53. The molecule has 0 unspecified atom stereocenters. The van der Waals surface area contributed by atoms with Crippen molar-refractivity contribution in [1.29, 1.82) is 0 Å². The number of hydrogen-bond acceptors (Lipinski definition) is 5. The molecule has 68 valence electrons. The molecule has 2 heterocycles. The highest BCUT2D eigenvalue weighted by Gasteiger charge is 2.04. The largest absolute Gasteiger partial charge is 0.448 e. The van der Waals surface area contributed by atoms with Gasteiger partial charge in [-0.3, -0.25) is 0 Å². The van der Waals surface area contributed by atoms with Crippen LogP contribution in [0.1, 0.15) is 11.5 Å². The van der Waals surface area contributed by atoms with Gasteiger partial charge in [-0.05, 0) is 6.92 Å². The average molecular weight is 212 g/mol. The molecule has 0 amide bonds. The van der Waals surface area contributed by atoms with Crippen molar-refractivity contribution in [2.45, 2.75) is 17.0 Å². The van der Waals surface area contributed by atoms with Crippen LogP contribution in [0.15, 0.2) is 26.7 Å². The maximum absolute atomic E-state index is 5.09. The monoisotopic (exact) mass is 212 g/mol. The maximum Gasteiger partial charge on any atom is 0.181 e. The van der Waals surface area contributed by atoms with Gasteiger partial charge < -0.3 is 4.42 Å². The second kappa shape index (κ2) is 3.93. The molecule has 5 heteroatoms. The maximum atomic E-state index is 5.09. The van der Waals surface area contributed by atoms with Crippen LogP contribution in [0, 0.1) is 6.92 Å². The van der Waals surface area contributed by atoms with Crippen LogP contribution >= 0.6 is 23.1 Å². The Kier molecular flexibility index (Phi) is 2.65. The van der Waals surface area contributed by atoms with Gasteiger partial charge in [0.2, 0.25) is 0 Å². The fraction of sp³-hybridized carbons (Fsp3) is 0.250. The van der Waals surface area contributed by atoms with Crippen molar-refractivity contribution >= 4 is 23.1 Å². The molecule has 0 atom stereocenters. The van der Waals surface area contributed by atoms with Crippen molar-refractivity contribution in [3.63, 3.8) is 0 Å². The van der Waals surface area contributed by atoms with Gasteiger partial charge in [-0.2, -0.15) is 0 Å². The normalized spacial score (nSPS) is 10.5. The van der Waals surface area contributed by atoms with Crippen LogP contribution in [0.2, 0.25) is 0 Å². The standard InChI is InChI=1S/C8H8N2OS2/c1-6-7(10-5-11-6)4-13-8-9-2-3-12-8/h2-3,5H,4H2,1H3. The topological polar surface area (TPSA) is 38.9 Å². The average Bonchev–Trinajstić information content (AvgIpc) is 2.72. The van der Waals surface area contributed by atoms with E-state index in [1.165, 1.54) is 6.39 Å². The van der Waals surface area contributed by atoms with E-state index in [2.05, 4.69) is 9.97 Å². The third-order valence-corrected chi connectivity index (χ3v) is 3.56. The summed E-state index contributed by atoms with van der Waals surface area (Å²) in [5.74, 6) is 1.72. The zero-order valence-electron chi connectivity index (χ0n) is 7.06. The number of rotatable bonds is 3. The Labute approximate surface area is 84.2 Å². The predicted octanol–water partition coefficient (Wildman–Crippen LogP) is 2.73. The molecule has 0 aliphatic rings. The number of aryl methyl sites for hydroxylation is 1. The molecule has 0 bridgehead atoms. The Hall–Kier alpha value is -0.810. The Morgan fingerprint density at radius 2 is 2.46 bits per heavy atom. The van der Waals surface area contributed by atoms with Gasteiger partial charge in [-0.1, -0.05) is 11.8 Å². The molecular weight excluding hydrogens is 204 g/mol. The lowest BCUT2D eigenvalue weighted by Gasteiger charge is -1.93. The van der Waals surface area contributed by atoms with E-state index in [-0.39, 0.29) is 0 Å². The molecule has 0 spiro atoms. The molecule has 0 aliphatic heterocycles. The molecule has 0 saturated carbocycles. The van der Waals surface area contributed by atoms with Gasteiger partial charge in [0.1, 0.15) is 10.1 Å². The third kappa shape index (κ3) is 2.10. The van der Waals surface area contributed by atoms with Crippen molar-refractivity contribution in [3.05, 3.63) is 29.4 Å². The number of oxazole rings is 1. The van der Waals surface area contributed by atoms with E-state index >= 15 is 0 Å². The van der Waals surface area contributed by atoms with Gasteiger partial charge in [0.25, 0.3) is 0 Å². The zero-order chi connectivity index (χ0) is 9.10. The van der Waals surface area contributed by atoms with Crippen molar-refractivity contribution in [1.82, 2.24) is 9.97 Å². The van der Waals surface area contributed by atoms with Gasteiger partial charge in [0.15, 0.2) is 6.39 Å². The number of aromatic nitrogens is 2. The van der Waals surface area contributed by atoms with Gasteiger partial charge >= 0.3 is 0 Å². The summed E-state index contributed by atoms with van der Waals surface area (Å²) in [6, 6.07) is 0. The second-order valence-corrected chi connectivity index (χ2v) is 4.56. The first-order chi connectivity index (χ1) is 6.36. The van der Waals surface area contributed by atoms with Crippen LogP contribution in [0.25, 0.3) is 0 Å². The fourth-order valence-electron chi connectivity index (χ4n) is 0.879. The lowest BCUT2D eigenvalue weighted by atomic mass is 10.4.